The Hall–Kier alpha value is -3.30. The van der Waals surface area contributed by atoms with Crippen molar-refractivity contribution in [3.8, 4) is 17.4 Å². The van der Waals surface area contributed by atoms with Crippen molar-refractivity contribution in [3.05, 3.63) is 54.0 Å². The molecule has 7 nitrogen and oxygen atoms in total. The van der Waals surface area contributed by atoms with Gasteiger partial charge in [0.15, 0.2) is 11.5 Å². The fourth-order valence-corrected chi connectivity index (χ4v) is 2.90. The number of halogens is 3. The number of hydrogen-bond donors (Lipinski definition) is 0. The fraction of sp³-hybridized carbons (Fsp3) is 0.278. The number of aromatic nitrogens is 2. The minimum atomic E-state index is -4.47. The zero-order valence-corrected chi connectivity index (χ0v) is 14.3. The number of ether oxygens (including phenoxy) is 1. The van der Waals surface area contributed by atoms with Gasteiger partial charge in [0.05, 0.1) is 18.4 Å². The van der Waals surface area contributed by atoms with E-state index < -0.39 is 17.8 Å². The molecule has 1 atom stereocenters. The summed E-state index contributed by atoms with van der Waals surface area (Å²) in [7, 11) is 0. The van der Waals surface area contributed by atoms with E-state index >= 15 is 0 Å². The highest BCUT2D eigenvalue weighted by Crippen LogP contribution is 2.31. The maximum Gasteiger partial charge on any atom is 0.416 e. The zero-order valence-electron chi connectivity index (χ0n) is 14.3. The number of amides is 1. The Balaban J connectivity index is 1.40. The normalized spacial score (nSPS) is 17.1. The molecule has 146 valence electrons. The van der Waals surface area contributed by atoms with Crippen LogP contribution in [-0.2, 0) is 6.18 Å². The summed E-state index contributed by atoms with van der Waals surface area (Å²) in [5.74, 6) is 0.290. The van der Waals surface area contributed by atoms with Gasteiger partial charge in [0.2, 0.25) is 11.6 Å². The highest BCUT2D eigenvalue weighted by molar-refractivity contribution is 5.93. The largest absolute Gasteiger partial charge is 0.472 e. The van der Waals surface area contributed by atoms with Crippen LogP contribution in [0.1, 0.15) is 22.5 Å². The average Bonchev–Trinajstić information content (AvgIpc) is 3.41. The third-order valence-corrected chi connectivity index (χ3v) is 4.28. The molecule has 10 heteroatoms. The summed E-state index contributed by atoms with van der Waals surface area (Å²) in [4.78, 5) is 17.9. The van der Waals surface area contributed by atoms with Gasteiger partial charge in [-0.15, -0.1) is 0 Å². The maximum absolute atomic E-state index is 12.8. The van der Waals surface area contributed by atoms with Gasteiger partial charge in [0.25, 0.3) is 5.91 Å². The van der Waals surface area contributed by atoms with Crippen LogP contribution >= 0.6 is 0 Å². The number of furan rings is 1. The van der Waals surface area contributed by atoms with Gasteiger partial charge in [-0.3, -0.25) is 4.79 Å². The molecule has 1 saturated heterocycles. The molecule has 0 aromatic carbocycles. The molecule has 0 spiro atoms. The van der Waals surface area contributed by atoms with E-state index in [9.17, 15) is 18.0 Å². The molecule has 0 bridgehead atoms. The Labute approximate surface area is 156 Å². The van der Waals surface area contributed by atoms with E-state index in [0.717, 1.165) is 18.3 Å². The molecule has 28 heavy (non-hydrogen) atoms. The van der Waals surface area contributed by atoms with Crippen LogP contribution in [-0.4, -0.2) is 40.1 Å². The van der Waals surface area contributed by atoms with Gasteiger partial charge in [-0.1, -0.05) is 5.16 Å². The highest BCUT2D eigenvalue weighted by Gasteiger charge is 2.33. The monoisotopic (exact) mass is 393 g/mol. The van der Waals surface area contributed by atoms with Crippen LogP contribution in [0.3, 0.4) is 0 Å². The van der Waals surface area contributed by atoms with Crippen LogP contribution in [0.15, 0.2) is 51.7 Å². The van der Waals surface area contributed by atoms with Crippen molar-refractivity contribution in [1.82, 2.24) is 15.0 Å². The second-order valence-corrected chi connectivity index (χ2v) is 6.21. The zero-order chi connectivity index (χ0) is 19.7. The molecule has 3 aromatic heterocycles. The molecule has 0 radical (unpaired) electrons. The first-order chi connectivity index (χ1) is 13.4. The quantitative estimate of drug-likeness (QED) is 0.673. The molecule has 1 aliphatic rings. The van der Waals surface area contributed by atoms with Crippen molar-refractivity contribution in [3.63, 3.8) is 0 Å². The molecule has 1 unspecified atom stereocenters. The lowest BCUT2D eigenvalue weighted by Gasteiger charge is -2.16. The van der Waals surface area contributed by atoms with Crippen LogP contribution in [0.2, 0.25) is 0 Å². The Kier molecular flexibility index (Phi) is 4.54. The van der Waals surface area contributed by atoms with Crippen molar-refractivity contribution < 1.29 is 31.6 Å². The summed E-state index contributed by atoms with van der Waals surface area (Å²) in [6.45, 7) is 0.588. The van der Waals surface area contributed by atoms with Crippen LogP contribution < -0.4 is 4.74 Å². The number of alkyl halides is 3. The predicted octanol–water partition coefficient (Wildman–Crippen LogP) is 3.64. The van der Waals surface area contributed by atoms with Crippen molar-refractivity contribution in [2.45, 2.75) is 18.7 Å². The van der Waals surface area contributed by atoms with Gasteiger partial charge in [-0.2, -0.15) is 13.2 Å². The topological polar surface area (TPSA) is 81.6 Å². The molecule has 3 aromatic rings. The van der Waals surface area contributed by atoms with E-state index in [2.05, 4.69) is 10.1 Å². The van der Waals surface area contributed by atoms with E-state index in [4.69, 9.17) is 13.7 Å². The summed E-state index contributed by atoms with van der Waals surface area (Å²) in [5, 5.41) is 3.76. The Morgan fingerprint density at radius 1 is 1.25 bits per heavy atom. The van der Waals surface area contributed by atoms with Crippen molar-refractivity contribution in [2.75, 3.05) is 13.1 Å². The number of carbonyl (C=O) groups is 1. The number of pyridine rings is 1. The van der Waals surface area contributed by atoms with Crippen molar-refractivity contribution in [2.24, 2.45) is 0 Å². The predicted molar refractivity (Wildman–Crippen MR) is 88.4 cm³/mol. The first-order valence-corrected chi connectivity index (χ1v) is 8.40. The van der Waals surface area contributed by atoms with Gasteiger partial charge in [-0.05, 0) is 18.2 Å². The maximum atomic E-state index is 12.8. The number of hydrogen-bond acceptors (Lipinski definition) is 6. The van der Waals surface area contributed by atoms with Gasteiger partial charge < -0.3 is 18.6 Å². The molecule has 4 heterocycles. The number of likely N-dealkylation sites (tertiary alicyclic amines) is 1. The second-order valence-electron chi connectivity index (χ2n) is 6.21. The van der Waals surface area contributed by atoms with Crippen LogP contribution in [0, 0.1) is 0 Å². The van der Waals surface area contributed by atoms with Crippen molar-refractivity contribution >= 4 is 5.91 Å². The SMILES string of the molecule is O=C(c1cc(-c2ccco2)on1)N1CCC(Oc2cc(C(F)(F)F)ccn2)C1. The van der Waals surface area contributed by atoms with Crippen molar-refractivity contribution in [1.29, 1.82) is 0 Å². The molecule has 4 rings (SSSR count). The summed E-state index contributed by atoms with van der Waals surface area (Å²) < 4.78 is 54.2. The van der Waals surface area contributed by atoms with Gasteiger partial charge >= 0.3 is 6.18 Å². The first-order valence-electron chi connectivity index (χ1n) is 8.40. The third-order valence-electron chi connectivity index (χ3n) is 4.28. The van der Waals surface area contributed by atoms with E-state index in [0.29, 0.717) is 24.5 Å². The summed E-state index contributed by atoms with van der Waals surface area (Å²) in [6, 6.07) is 6.56. The molecular formula is C18H14F3N3O4. The average molecular weight is 393 g/mol. The lowest BCUT2D eigenvalue weighted by Crippen LogP contribution is -2.31. The minimum Gasteiger partial charge on any atom is -0.472 e. The summed E-state index contributed by atoms with van der Waals surface area (Å²) in [5.41, 5.74) is -0.722. The van der Waals surface area contributed by atoms with Gasteiger partial charge in [-0.25, -0.2) is 4.98 Å². The first kappa shape index (κ1) is 18.1. The third kappa shape index (κ3) is 3.71. The lowest BCUT2D eigenvalue weighted by molar-refractivity contribution is -0.137. The van der Waals surface area contributed by atoms with Crippen LogP contribution in [0.5, 0.6) is 5.88 Å². The summed E-state index contributed by atoms with van der Waals surface area (Å²) in [6.07, 6.45) is -1.95. The van der Waals surface area contributed by atoms with Gasteiger partial charge in [0.1, 0.15) is 6.10 Å². The number of rotatable bonds is 4. The van der Waals surface area contributed by atoms with Gasteiger partial charge in [0, 0.05) is 31.3 Å². The molecule has 1 aliphatic heterocycles. The van der Waals surface area contributed by atoms with Crippen LogP contribution in [0.25, 0.3) is 11.5 Å². The van der Waals surface area contributed by atoms with E-state index in [-0.39, 0.29) is 24.0 Å². The van der Waals surface area contributed by atoms with E-state index in [1.54, 1.807) is 12.1 Å². The smallest absolute Gasteiger partial charge is 0.416 e. The Bertz CT molecular complexity index is 969. The molecule has 1 amide bonds. The fourth-order valence-electron chi connectivity index (χ4n) is 2.90. The highest BCUT2D eigenvalue weighted by atomic mass is 19.4. The molecule has 0 saturated carbocycles. The molecular weight excluding hydrogens is 379 g/mol. The Morgan fingerprint density at radius 3 is 2.86 bits per heavy atom. The molecule has 0 N–H and O–H groups in total. The van der Waals surface area contributed by atoms with Crippen LogP contribution in [0.4, 0.5) is 13.2 Å². The number of carbonyl (C=O) groups excluding carboxylic acids is 1. The van der Waals surface area contributed by atoms with E-state index in [1.165, 1.54) is 17.2 Å². The second kappa shape index (κ2) is 7.02. The number of nitrogens with zero attached hydrogens (tertiary/aromatic N) is 3. The van der Waals surface area contributed by atoms with E-state index in [1.807, 2.05) is 0 Å². The lowest BCUT2D eigenvalue weighted by atomic mass is 10.2. The standard InChI is InChI=1S/C18H14F3N3O4/c19-18(20,21)11-3-5-22-16(8-11)27-12-4-6-24(10-12)17(25)13-9-15(28-23-13)14-2-1-7-26-14/h1-3,5,7-9,12H,4,6,10H2. The Morgan fingerprint density at radius 2 is 2.11 bits per heavy atom. The summed E-state index contributed by atoms with van der Waals surface area (Å²) >= 11 is 0. The molecule has 1 fully saturated rings. The minimum absolute atomic E-state index is 0.115. The molecule has 0 aliphatic carbocycles.